The van der Waals surface area contributed by atoms with Crippen LogP contribution in [0.3, 0.4) is 0 Å². The number of nitrogens with zero attached hydrogens (tertiary/aromatic N) is 2. The summed E-state index contributed by atoms with van der Waals surface area (Å²) in [5, 5.41) is 0. The van der Waals surface area contributed by atoms with Gasteiger partial charge >= 0.3 is 0 Å². The van der Waals surface area contributed by atoms with Crippen LogP contribution in [0.15, 0.2) is 35.5 Å². The van der Waals surface area contributed by atoms with Gasteiger partial charge in [-0.05, 0) is 55.2 Å². The largest absolute Gasteiger partial charge is 0.328 e. The fourth-order valence-electron chi connectivity index (χ4n) is 3.24. The highest BCUT2D eigenvalue weighted by Gasteiger charge is 2.22. The van der Waals surface area contributed by atoms with Crippen LogP contribution >= 0.6 is 0 Å². The molecular weight excluding hydrogens is 262 g/mol. The second kappa shape index (κ2) is 6.20. The number of nitrogens with one attached hydrogen (secondary N) is 1. The molecule has 2 aromatic rings. The van der Waals surface area contributed by atoms with E-state index >= 15 is 0 Å². The molecule has 0 unspecified atom stereocenters. The highest BCUT2D eigenvalue weighted by Crippen LogP contribution is 2.36. The number of rotatable bonds is 3. The van der Waals surface area contributed by atoms with Crippen molar-refractivity contribution in [2.24, 2.45) is 5.92 Å². The van der Waals surface area contributed by atoms with Gasteiger partial charge in [-0.1, -0.05) is 13.3 Å². The van der Waals surface area contributed by atoms with Gasteiger partial charge in [-0.3, -0.25) is 4.79 Å². The Bertz CT molecular complexity index is 643. The second-order valence-electron chi connectivity index (χ2n) is 5.87. The molecule has 0 spiro atoms. The van der Waals surface area contributed by atoms with Gasteiger partial charge in [0, 0.05) is 18.6 Å². The fraction of sp³-hybridized carbons (Fsp3) is 0.471. The van der Waals surface area contributed by atoms with Crippen molar-refractivity contribution in [1.29, 1.82) is 0 Å². The Balaban J connectivity index is 1.87. The lowest BCUT2D eigenvalue weighted by molar-refractivity contribution is 0.318. The summed E-state index contributed by atoms with van der Waals surface area (Å²) < 4.78 is 0. The molecule has 4 nitrogen and oxygen atoms in total. The maximum atomic E-state index is 12.0. The fourth-order valence-corrected chi connectivity index (χ4v) is 3.24. The van der Waals surface area contributed by atoms with Crippen LogP contribution in [0.1, 0.15) is 50.5 Å². The molecule has 1 N–H and O–H groups in total. The van der Waals surface area contributed by atoms with Crippen LogP contribution in [0, 0.1) is 5.92 Å². The third-order valence-electron chi connectivity index (χ3n) is 4.63. The van der Waals surface area contributed by atoms with E-state index in [9.17, 15) is 4.79 Å². The van der Waals surface area contributed by atoms with Crippen LogP contribution in [-0.4, -0.2) is 15.0 Å². The number of aromatic nitrogens is 3. The Hall–Kier alpha value is -1.97. The van der Waals surface area contributed by atoms with Crippen LogP contribution in [0.4, 0.5) is 0 Å². The molecule has 0 radical (unpaired) electrons. The molecule has 0 aromatic carbocycles. The van der Waals surface area contributed by atoms with Crippen molar-refractivity contribution >= 4 is 0 Å². The highest BCUT2D eigenvalue weighted by molar-refractivity contribution is 5.54. The lowest BCUT2D eigenvalue weighted by Crippen LogP contribution is -2.16. The van der Waals surface area contributed by atoms with Gasteiger partial charge in [-0.2, -0.15) is 0 Å². The Morgan fingerprint density at radius 2 is 1.90 bits per heavy atom. The van der Waals surface area contributed by atoms with Crippen LogP contribution in [0.5, 0.6) is 0 Å². The quantitative estimate of drug-likeness (QED) is 0.937. The van der Waals surface area contributed by atoms with Gasteiger partial charge in [0.15, 0.2) is 5.82 Å². The third kappa shape index (κ3) is 3.04. The van der Waals surface area contributed by atoms with Crippen LogP contribution in [0.2, 0.25) is 0 Å². The number of hydrogen-bond donors (Lipinski definition) is 1. The summed E-state index contributed by atoms with van der Waals surface area (Å²) in [6.07, 6.45) is 11.5. The Kier molecular flexibility index (Phi) is 4.13. The molecule has 0 atom stereocenters. The van der Waals surface area contributed by atoms with Crippen molar-refractivity contribution in [3.63, 3.8) is 0 Å². The SMILES string of the molecule is CCC1CCC(c2c[nH]c(=O)c(-c3ncccn3)c2)CC1. The molecule has 1 aliphatic carbocycles. The van der Waals surface area contributed by atoms with Crippen molar-refractivity contribution in [2.45, 2.75) is 44.9 Å². The first-order valence-electron chi connectivity index (χ1n) is 7.78. The van der Waals surface area contributed by atoms with E-state index < -0.39 is 0 Å². The summed E-state index contributed by atoms with van der Waals surface area (Å²) in [5.74, 6) is 1.93. The van der Waals surface area contributed by atoms with E-state index in [0.717, 1.165) is 5.92 Å². The molecule has 1 aliphatic rings. The van der Waals surface area contributed by atoms with Crippen molar-refractivity contribution in [1.82, 2.24) is 15.0 Å². The molecule has 2 aromatic heterocycles. The zero-order valence-corrected chi connectivity index (χ0v) is 12.4. The van der Waals surface area contributed by atoms with Crippen LogP contribution < -0.4 is 5.56 Å². The van der Waals surface area contributed by atoms with Gasteiger partial charge in [-0.25, -0.2) is 9.97 Å². The lowest BCUT2D eigenvalue weighted by Gasteiger charge is -2.28. The van der Waals surface area contributed by atoms with E-state index in [-0.39, 0.29) is 5.56 Å². The van der Waals surface area contributed by atoms with E-state index in [2.05, 4.69) is 21.9 Å². The van der Waals surface area contributed by atoms with Crippen molar-refractivity contribution in [3.8, 4) is 11.4 Å². The molecule has 1 fully saturated rings. The Morgan fingerprint density at radius 1 is 1.19 bits per heavy atom. The topological polar surface area (TPSA) is 58.6 Å². The van der Waals surface area contributed by atoms with E-state index in [1.165, 1.54) is 37.7 Å². The summed E-state index contributed by atoms with van der Waals surface area (Å²) in [6, 6.07) is 3.73. The first-order chi connectivity index (χ1) is 10.3. The normalized spacial score (nSPS) is 22.1. The predicted octanol–water partition coefficient (Wildman–Crippen LogP) is 3.52. The van der Waals surface area contributed by atoms with Crippen molar-refractivity contribution < 1.29 is 0 Å². The second-order valence-corrected chi connectivity index (χ2v) is 5.87. The summed E-state index contributed by atoms with van der Waals surface area (Å²) in [6.45, 7) is 2.27. The molecule has 21 heavy (non-hydrogen) atoms. The maximum absolute atomic E-state index is 12.0. The minimum Gasteiger partial charge on any atom is -0.328 e. The van der Waals surface area contributed by atoms with Gasteiger partial charge in [0.2, 0.25) is 0 Å². The summed E-state index contributed by atoms with van der Waals surface area (Å²) in [4.78, 5) is 23.3. The lowest BCUT2D eigenvalue weighted by atomic mass is 9.78. The molecule has 0 bridgehead atoms. The van der Waals surface area contributed by atoms with E-state index in [4.69, 9.17) is 0 Å². The standard InChI is InChI=1S/C17H21N3O/c1-2-12-4-6-13(7-5-12)14-10-15(17(21)20-11-14)16-18-8-3-9-19-16/h3,8-13H,2,4-7H2,1H3,(H,20,21). The first kappa shape index (κ1) is 14.0. The smallest absolute Gasteiger partial charge is 0.259 e. The zero-order valence-electron chi connectivity index (χ0n) is 12.4. The number of pyridine rings is 1. The minimum absolute atomic E-state index is 0.118. The molecule has 0 amide bonds. The average Bonchev–Trinajstić information content (AvgIpc) is 2.56. The molecule has 1 saturated carbocycles. The minimum atomic E-state index is -0.118. The van der Waals surface area contributed by atoms with Crippen LogP contribution in [-0.2, 0) is 0 Å². The van der Waals surface area contributed by atoms with E-state index in [1.54, 1.807) is 18.5 Å². The summed E-state index contributed by atoms with van der Waals surface area (Å²) >= 11 is 0. The van der Waals surface area contributed by atoms with E-state index in [0.29, 0.717) is 17.3 Å². The Labute approximate surface area is 124 Å². The molecule has 4 heteroatoms. The summed E-state index contributed by atoms with van der Waals surface area (Å²) in [7, 11) is 0. The first-order valence-corrected chi connectivity index (χ1v) is 7.78. The van der Waals surface area contributed by atoms with Gasteiger partial charge in [0.1, 0.15) is 0 Å². The third-order valence-corrected chi connectivity index (χ3v) is 4.63. The predicted molar refractivity (Wildman–Crippen MR) is 83.1 cm³/mol. The molecular formula is C17H21N3O. The van der Waals surface area contributed by atoms with Crippen molar-refractivity contribution in [3.05, 3.63) is 46.6 Å². The van der Waals surface area contributed by atoms with Gasteiger partial charge < -0.3 is 4.98 Å². The summed E-state index contributed by atoms with van der Waals surface area (Å²) in [5.41, 5.74) is 1.67. The molecule has 3 rings (SSSR count). The van der Waals surface area contributed by atoms with Gasteiger partial charge in [0.25, 0.3) is 5.56 Å². The van der Waals surface area contributed by atoms with Crippen LogP contribution in [0.25, 0.3) is 11.4 Å². The van der Waals surface area contributed by atoms with Gasteiger partial charge in [-0.15, -0.1) is 0 Å². The Morgan fingerprint density at radius 3 is 2.57 bits per heavy atom. The number of hydrogen-bond acceptors (Lipinski definition) is 3. The maximum Gasteiger partial charge on any atom is 0.259 e. The zero-order chi connectivity index (χ0) is 14.7. The molecule has 110 valence electrons. The number of aromatic amines is 1. The highest BCUT2D eigenvalue weighted by atomic mass is 16.1. The van der Waals surface area contributed by atoms with Crippen molar-refractivity contribution in [2.75, 3.05) is 0 Å². The van der Waals surface area contributed by atoms with E-state index in [1.807, 2.05) is 12.3 Å². The number of H-pyrrole nitrogens is 1. The molecule has 2 heterocycles. The molecule has 0 aliphatic heterocycles. The molecule has 0 saturated heterocycles. The average molecular weight is 283 g/mol. The monoisotopic (exact) mass is 283 g/mol. The van der Waals surface area contributed by atoms with Gasteiger partial charge in [0.05, 0.1) is 5.56 Å².